The minimum Gasteiger partial charge on any atom is -0.379 e. The fourth-order valence-electron chi connectivity index (χ4n) is 1.58. The molecule has 0 aliphatic carbocycles. The Morgan fingerprint density at radius 3 is 3.15 bits per heavy atom. The number of thioether (sulfide) groups is 1. The Morgan fingerprint density at radius 2 is 2.46 bits per heavy atom. The molecule has 0 aromatic carbocycles. The van der Waals surface area contributed by atoms with Crippen molar-refractivity contribution in [2.24, 2.45) is 4.99 Å². The number of nitrogens with zero attached hydrogens (tertiary/aromatic N) is 1. The highest BCUT2D eigenvalue weighted by Gasteiger charge is 2.16. The van der Waals surface area contributed by atoms with Crippen LogP contribution in [0.2, 0.25) is 0 Å². The summed E-state index contributed by atoms with van der Waals surface area (Å²) in [7, 11) is 0. The molecule has 1 atom stereocenters. The zero-order chi connectivity index (χ0) is 8.93. The van der Waals surface area contributed by atoms with Gasteiger partial charge in [0.05, 0.1) is 12.6 Å². The second kappa shape index (κ2) is 4.86. The third kappa shape index (κ3) is 2.88. The van der Waals surface area contributed by atoms with E-state index in [1.54, 1.807) is 0 Å². The van der Waals surface area contributed by atoms with Gasteiger partial charge >= 0.3 is 0 Å². The second-order valence-corrected chi connectivity index (χ2v) is 4.53. The molecule has 0 saturated carbocycles. The smallest absolute Gasteiger partial charge is 0.156 e. The zero-order valence-corrected chi connectivity index (χ0v) is 8.61. The number of amidine groups is 1. The van der Waals surface area contributed by atoms with Gasteiger partial charge in [0.25, 0.3) is 0 Å². The molecule has 0 aromatic rings. The maximum atomic E-state index is 5.40. The largest absolute Gasteiger partial charge is 0.379 e. The highest BCUT2D eigenvalue weighted by atomic mass is 32.2. The molecule has 2 aliphatic heterocycles. The molecule has 0 aromatic heterocycles. The SMILES string of the molecule is C1CN=C(NC2CCCOC2)SC1. The summed E-state index contributed by atoms with van der Waals surface area (Å²) in [5.74, 6) is 1.21. The van der Waals surface area contributed by atoms with Crippen LogP contribution in [0, 0.1) is 0 Å². The minimum absolute atomic E-state index is 0.498. The van der Waals surface area contributed by atoms with Crippen molar-refractivity contribution in [1.82, 2.24) is 5.32 Å². The quantitative estimate of drug-likeness (QED) is 0.691. The summed E-state index contributed by atoms with van der Waals surface area (Å²) >= 11 is 1.84. The summed E-state index contributed by atoms with van der Waals surface area (Å²) in [6.45, 7) is 2.76. The Morgan fingerprint density at radius 1 is 1.46 bits per heavy atom. The van der Waals surface area contributed by atoms with E-state index in [-0.39, 0.29) is 0 Å². The Bertz CT molecular complexity index is 190. The molecule has 0 spiro atoms. The van der Waals surface area contributed by atoms with Gasteiger partial charge in [0.2, 0.25) is 0 Å². The van der Waals surface area contributed by atoms with Crippen LogP contribution in [0.1, 0.15) is 19.3 Å². The molecule has 74 valence electrons. The minimum atomic E-state index is 0.498. The van der Waals surface area contributed by atoms with E-state index in [1.165, 1.54) is 25.0 Å². The van der Waals surface area contributed by atoms with Gasteiger partial charge in [-0.05, 0) is 19.3 Å². The molecule has 2 rings (SSSR count). The average Bonchev–Trinajstić information content (AvgIpc) is 2.21. The van der Waals surface area contributed by atoms with Crippen molar-refractivity contribution in [3.63, 3.8) is 0 Å². The molecule has 0 amide bonds. The summed E-state index contributed by atoms with van der Waals surface area (Å²) in [6, 6.07) is 0.498. The van der Waals surface area contributed by atoms with E-state index in [2.05, 4.69) is 10.3 Å². The standard InChI is InChI=1S/C9H16N2OS/c1-3-8(7-12-5-1)11-9-10-4-2-6-13-9/h8H,1-7H2,(H,10,11). The van der Waals surface area contributed by atoms with Crippen molar-refractivity contribution < 1.29 is 4.74 Å². The number of hydrogen-bond acceptors (Lipinski definition) is 4. The molecule has 1 N–H and O–H groups in total. The molecule has 3 nitrogen and oxygen atoms in total. The zero-order valence-electron chi connectivity index (χ0n) is 7.79. The number of rotatable bonds is 1. The van der Waals surface area contributed by atoms with Crippen LogP contribution in [0.5, 0.6) is 0 Å². The highest BCUT2D eigenvalue weighted by Crippen LogP contribution is 2.13. The Labute approximate surface area is 83.3 Å². The highest BCUT2D eigenvalue weighted by molar-refractivity contribution is 8.13. The lowest BCUT2D eigenvalue weighted by molar-refractivity contribution is 0.0766. The van der Waals surface area contributed by atoms with Gasteiger partial charge in [0.15, 0.2) is 5.17 Å². The van der Waals surface area contributed by atoms with Crippen molar-refractivity contribution in [3.05, 3.63) is 0 Å². The Kier molecular flexibility index (Phi) is 3.49. The maximum Gasteiger partial charge on any atom is 0.156 e. The van der Waals surface area contributed by atoms with E-state index < -0.39 is 0 Å². The number of ether oxygens (including phenoxy) is 1. The third-order valence-electron chi connectivity index (χ3n) is 2.28. The van der Waals surface area contributed by atoms with Gasteiger partial charge in [0, 0.05) is 18.9 Å². The topological polar surface area (TPSA) is 33.6 Å². The summed E-state index contributed by atoms with van der Waals surface area (Å²) in [5.41, 5.74) is 0. The first kappa shape index (κ1) is 9.34. The maximum absolute atomic E-state index is 5.40. The summed E-state index contributed by atoms with van der Waals surface area (Å²) < 4.78 is 5.40. The fourth-order valence-corrected chi connectivity index (χ4v) is 2.48. The third-order valence-corrected chi connectivity index (χ3v) is 3.30. The summed E-state index contributed by atoms with van der Waals surface area (Å²) in [6.07, 6.45) is 3.62. The first-order valence-electron chi connectivity index (χ1n) is 4.97. The van der Waals surface area contributed by atoms with Crippen LogP contribution in [0.4, 0.5) is 0 Å². The van der Waals surface area contributed by atoms with Crippen molar-refractivity contribution in [2.75, 3.05) is 25.5 Å². The normalized spacial score (nSPS) is 29.5. The fraction of sp³-hybridized carbons (Fsp3) is 0.889. The monoisotopic (exact) mass is 200 g/mol. The van der Waals surface area contributed by atoms with E-state index in [9.17, 15) is 0 Å². The molecule has 0 radical (unpaired) electrons. The van der Waals surface area contributed by atoms with E-state index in [0.29, 0.717) is 6.04 Å². The Hall–Kier alpha value is -0.220. The van der Waals surface area contributed by atoms with Gasteiger partial charge in [0.1, 0.15) is 0 Å². The number of hydrogen-bond donors (Lipinski definition) is 1. The van der Waals surface area contributed by atoms with Crippen molar-refractivity contribution in [1.29, 1.82) is 0 Å². The van der Waals surface area contributed by atoms with Gasteiger partial charge in [-0.3, -0.25) is 4.99 Å². The molecule has 1 saturated heterocycles. The first-order valence-corrected chi connectivity index (χ1v) is 5.95. The van der Waals surface area contributed by atoms with Gasteiger partial charge in [-0.25, -0.2) is 0 Å². The van der Waals surface area contributed by atoms with Gasteiger partial charge in [-0.2, -0.15) is 0 Å². The predicted octanol–water partition coefficient (Wildman–Crippen LogP) is 1.25. The molecule has 1 fully saturated rings. The molecule has 1 unspecified atom stereocenters. The van der Waals surface area contributed by atoms with E-state index >= 15 is 0 Å². The van der Waals surface area contributed by atoms with Crippen LogP contribution in [0.15, 0.2) is 4.99 Å². The van der Waals surface area contributed by atoms with Crippen molar-refractivity contribution in [3.8, 4) is 0 Å². The van der Waals surface area contributed by atoms with Crippen LogP contribution in [-0.4, -0.2) is 36.7 Å². The predicted molar refractivity (Wildman–Crippen MR) is 56.4 cm³/mol. The van der Waals surface area contributed by atoms with Crippen LogP contribution < -0.4 is 5.32 Å². The molecule has 13 heavy (non-hydrogen) atoms. The molecule has 4 heteroatoms. The molecule has 0 bridgehead atoms. The van der Waals surface area contributed by atoms with Gasteiger partial charge in [-0.15, -0.1) is 0 Å². The Balaban J connectivity index is 1.78. The summed E-state index contributed by atoms with van der Waals surface area (Å²) in [4.78, 5) is 4.44. The van der Waals surface area contributed by atoms with E-state index in [1.807, 2.05) is 11.8 Å². The first-order chi connectivity index (χ1) is 6.45. The number of nitrogens with one attached hydrogen (secondary N) is 1. The summed E-state index contributed by atoms with van der Waals surface area (Å²) in [5, 5.41) is 4.57. The molecular formula is C9H16N2OS. The lowest BCUT2D eigenvalue weighted by Crippen LogP contribution is -2.40. The second-order valence-electron chi connectivity index (χ2n) is 3.45. The van der Waals surface area contributed by atoms with E-state index in [0.717, 1.165) is 24.9 Å². The van der Waals surface area contributed by atoms with Crippen LogP contribution >= 0.6 is 11.8 Å². The lowest BCUT2D eigenvalue weighted by Gasteiger charge is -2.25. The van der Waals surface area contributed by atoms with Crippen LogP contribution in [-0.2, 0) is 4.74 Å². The van der Waals surface area contributed by atoms with Crippen molar-refractivity contribution >= 4 is 16.9 Å². The molecular weight excluding hydrogens is 184 g/mol. The van der Waals surface area contributed by atoms with Crippen molar-refractivity contribution in [2.45, 2.75) is 25.3 Å². The lowest BCUT2D eigenvalue weighted by atomic mass is 10.1. The van der Waals surface area contributed by atoms with Crippen LogP contribution in [0.25, 0.3) is 0 Å². The average molecular weight is 200 g/mol. The van der Waals surface area contributed by atoms with Crippen LogP contribution in [0.3, 0.4) is 0 Å². The molecule has 2 aliphatic rings. The van der Waals surface area contributed by atoms with E-state index in [4.69, 9.17) is 4.74 Å². The number of aliphatic imine (C=N–C) groups is 1. The van der Waals surface area contributed by atoms with Gasteiger partial charge < -0.3 is 10.1 Å². The van der Waals surface area contributed by atoms with Gasteiger partial charge in [-0.1, -0.05) is 11.8 Å². The molecule has 2 heterocycles.